The summed E-state index contributed by atoms with van der Waals surface area (Å²) in [6.45, 7) is 3.89. The number of piperazine rings is 1. The van der Waals surface area contributed by atoms with Crippen LogP contribution in [-0.2, 0) is 6.54 Å². The van der Waals surface area contributed by atoms with E-state index in [9.17, 15) is 4.79 Å². The van der Waals surface area contributed by atoms with Crippen LogP contribution in [0.5, 0.6) is 11.5 Å². The van der Waals surface area contributed by atoms with E-state index in [1.807, 2.05) is 23.1 Å². The molecule has 4 rings (SSSR count). The summed E-state index contributed by atoms with van der Waals surface area (Å²) in [5.41, 5.74) is 1.04. The minimum Gasteiger partial charge on any atom is -0.497 e. The molecule has 2 amide bonds. The third kappa shape index (κ3) is 3.27. The molecule has 0 radical (unpaired) electrons. The number of carbonyl (C=O) groups excluding carboxylic acids is 1. The molecule has 1 saturated heterocycles. The molecule has 1 aliphatic carbocycles. The van der Waals surface area contributed by atoms with Gasteiger partial charge < -0.3 is 24.6 Å². The lowest BCUT2D eigenvalue weighted by atomic mass is 9.91. The minimum absolute atomic E-state index is 0.0928. The summed E-state index contributed by atoms with van der Waals surface area (Å²) in [4.78, 5) is 17.3. The summed E-state index contributed by atoms with van der Waals surface area (Å²) in [5, 5.41) is 3.32. The monoisotopic (exact) mass is 345 g/mol. The third-order valence-corrected chi connectivity index (χ3v) is 5.59. The van der Waals surface area contributed by atoms with Crippen LogP contribution in [0.2, 0.25) is 0 Å². The number of nitrogens with one attached hydrogen (secondary N) is 1. The van der Waals surface area contributed by atoms with Gasteiger partial charge in [-0.2, -0.15) is 0 Å². The quantitative estimate of drug-likeness (QED) is 0.848. The van der Waals surface area contributed by atoms with Gasteiger partial charge in [0, 0.05) is 31.7 Å². The van der Waals surface area contributed by atoms with E-state index in [0.717, 1.165) is 62.5 Å². The summed E-state index contributed by atoms with van der Waals surface area (Å²) in [5.74, 6) is 1.70. The molecule has 0 unspecified atom stereocenters. The van der Waals surface area contributed by atoms with Gasteiger partial charge in [-0.3, -0.25) is 0 Å². The van der Waals surface area contributed by atoms with E-state index in [-0.39, 0.29) is 18.2 Å². The molecule has 2 aliphatic heterocycles. The van der Waals surface area contributed by atoms with Crippen LogP contribution in [0.1, 0.15) is 31.2 Å². The van der Waals surface area contributed by atoms with Crippen molar-refractivity contribution in [1.29, 1.82) is 0 Å². The van der Waals surface area contributed by atoms with Gasteiger partial charge in [-0.05, 0) is 37.5 Å². The summed E-state index contributed by atoms with van der Waals surface area (Å²) in [6, 6.07) is 6.24. The van der Waals surface area contributed by atoms with E-state index >= 15 is 0 Å². The fourth-order valence-electron chi connectivity index (χ4n) is 4.20. The first-order valence-corrected chi connectivity index (χ1v) is 9.36. The standard InChI is InChI=1S/C19H27N3O3/c1-24-15-6-7-17-14(12-15)13-22(16-4-2-3-5-18(16)25-17)19(23)21-10-8-20-9-11-21/h6-7,12,16,18,20H,2-5,8-11,13H2,1H3/t16-,18+/m1/s1. The molecule has 6 heteroatoms. The highest BCUT2D eigenvalue weighted by molar-refractivity contribution is 5.75. The number of hydrogen-bond donors (Lipinski definition) is 1. The third-order valence-electron chi connectivity index (χ3n) is 5.59. The number of amides is 2. The second kappa shape index (κ2) is 7.12. The molecule has 0 aromatic heterocycles. The van der Waals surface area contributed by atoms with Gasteiger partial charge in [0.2, 0.25) is 0 Å². The molecule has 0 bridgehead atoms. The van der Waals surface area contributed by atoms with Gasteiger partial charge >= 0.3 is 6.03 Å². The maximum absolute atomic E-state index is 13.3. The van der Waals surface area contributed by atoms with E-state index in [1.165, 1.54) is 6.42 Å². The highest BCUT2D eigenvalue weighted by Crippen LogP contribution is 2.36. The average molecular weight is 345 g/mol. The van der Waals surface area contributed by atoms with Crippen molar-refractivity contribution in [2.45, 2.75) is 44.4 Å². The maximum Gasteiger partial charge on any atom is 0.320 e. The number of methoxy groups -OCH3 is 1. The largest absolute Gasteiger partial charge is 0.497 e. The van der Waals surface area contributed by atoms with Crippen molar-refractivity contribution in [1.82, 2.24) is 15.1 Å². The number of nitrogens with zero attached hydrogens (tertiary/aromatic N) is 2. The summed E-state index contributed by atoms with van der Waals surface area (Å²) in [6.07, 6.45) is 4.46. The fourth-order valence-corrected chi connectivity index (χ4v) is 4.20. The Morgan fingerprint density at radius 2 is 2.04 bits per heavy atom. The molecule has 2 atom stereocenters. The van der Waals surface area contributed by atoms with Gasteiger partial charge in [-0.15, -0.1) is 0 Å². The van der Waals surface area contributed by atoms with Crippen molar-refractivity contribution >= 4 is 6.03 Å². The normalized spacial score (nSPS) is 26.1. The number of fused-ring (bicyclic) bond motifs is 2. The van der Waals surface area contributed by atoms with Crippen molar-refractivity contribution in [3.05, 3.63) is 23.8 Å². The molecule has 2 fully saturated rings. The number of benzene rings is 1. The Bertz CT molecular complexity index is 630. The van der Waals surface area contributed by atoms with Crippen molar-refractivity contribution in [3.63, 3.8) is 0 Å². The lowest BCUT2D eigenvalue weighted by Crippen LogP contribution is -2.56. The summed E-state index contributed by atoms with van der Waals surface area (Å²) < 4.78 is 11.7. The zero-order chi connectivity index (χ0) is 17.2. The average Bonchev–Trinajstić information content (AvgIpc) is 2.84. The van der Waals surface area contributed by atoms with Gasteiger partial charge in [0.05, 0.1) is 19.7 Å². The number of hydrogen-bond acceptors (Lipinski definition) is 4. The van der Waals surface area contributed by atoms with Crippen molar-refractivity contribution in [3.8, 4) is 11.5 Å². The molecule has 136 valence electrons. The van der Waals surface area contributed by atoms with Crippen molar-refractivity contribution in [2.24, 2.45) is 0 Å². The Morgan fingerprint density at radius 3 is 2.84 bits per heavy atom. The van der Waals surface area contributed by atoms with Crippen molar-refractivity contribution in [2.75, 3.05) is 33.3 Å². The number of rotatable bonds is 1. The zero-order valence-corrected chi connectivity index (χ0v) is 14.9. The molecule has 0 spiro atoms. The highest BCUT2D eigenvalue weighted by Gasteiger charge is 2.39. The minimum atomic E-state index is 0.0928. The van der Waals surface area contributed by atoms with Crippen LogP contribution >= 0.6 is 0 Å². The fraction of sp³-hybridized carbons (Fsp3) is 0.632. The molecule has 25 heavy (non-hydrogen) atoms. The van der Waals surface area contributed by atoms with Crippen LogP contribution in [0.4, 0.5) is 4.79 Å². The summed E-state index contributed by atoms with van der Waals surface area (Å²) in [7, 11) is 1.67. The van der Waals surface area contributed by atoms with E-state index in [2.05, 4.69) is 10.2 Å². The molecule has 3 aliphatic rings. The molecule has 1 aromatic rings. The van der Waals surface area contributed by atoms with E-state index < -0.39 is 0 Å². The number of carbonyl (C=O) groups is 1. The second-order valence-electron chi connectivity index (χ2n) is 7.13. The van der Waals surface area contributed by atoms with Crippen LogP contribution in [-0.4, -0.2) is 61.3 Å². The van der Waals surface area contributed by atoms with E-state index in [0.29, 0.717) is 6.54 Å². The molecule has 2 heterocycles. The molecular weight excluding hydrogens is 318 g/mol. The first-order chi connectivity index (χ1) is 12.3. The number of ether oxygens (including phenoxy) is 2. The summed E-state index contributed by atoms with van der Waals surface area (Å²) >= 11 is 0. The Labute approximate surface area is 149 Å². The predicted molar refractivity (Wildman–Crippen MR) is 95.0 cm³/mol. The van der Waals surface area contributed by atoms with Crippen LogP contribution in [0.3, 0.4) is 0 Å². The topological polar surface area (TPSA) is 54.0 Å². The second-order valence-corrected chi connectivity index (χ2v) is 7.13. The van der Waals surface area contributed by atoms with Gasteiger partial charge in [-0.1, -0.05) is 6.42 Å². The Balaban J connectivity index is 1.65. The smallest absolute Gasteiger partial charge is 0.320 e. The van der Waals surface area contributed by atoms with E-state index in [1.54, 1.807) is 7.11 Å². The SMILES string of the molecule is COc1ccc2c(c1)CN(C(=O)N1CCNCC1)[C@@H]1CCCC[C@@H]1O2. The molecule has 6 nitrogen and oxygen atoms in total. The van der Waals surface area contributed by atoms with Crippen LogP contribution in [0, 0.1) is 0 Å². The lowest BCUT2D eigenvalue weighted by Gasteiger charge is -2.40. The van der Waals surface area contributed by atoms with Gasteiger partial charge in [0.1, 0.15) is 17.6 Å². The van der Waals surface area contributed by atoms with Gasteiger partial charge in [0.25, 0.3) is 0 Å². The molecule has 1 saturated carbocycles. The molecule has 1 N–H and O–H groups in total. The van der Waals surface area contributed by atoms with Gasteiger partial charge in [-0.25, -0.2) is 4.79 Å². The predicted octanol–water partition coefficient (Wildman–Crippen LogP) is 2.23. The Kier molecular flexibility index (Phi) is 4.70. The first-order valence-electron chi connectivity index (χ1n) is 9.36. The van der Waals surface area contributed by atoms with Crippen LogP contribution < -0.4 is 14.8 Å². The first kappa shape index (κ1) is 16.5. The molecular formula is C19H27N3O3. The number of urea groups is 1. The van der Waals surface area contributed by atoms with Crippen molar-refractivity contribution < 1.29 is 14.3 Å². The van der Waals surface area contributed by atoms with Crippen LogP contribution in [0.15, 0.2) is 18.2 Å². The van der Waals surface area contributed by atoms with Gasteiger partial charge in [0.15, 0.2) is 0 Å². The zero-order valence-electron chi connectivity index (χ0n) is 14.9. The lowest BCUT2D eigenvalue weighted by molar-refractivity contribution is 0.0492. The van der Waals surface area contributed by atoms with E-state index in [4.69, 9.17) is 9.47 Å². The maximum atomic E-state index is 13.3. The Morgan fingerprint density at radius 1 is 1.24 bits per heavy atom. The highest BCUT2D eigenvalue weighted by atomic mass is 16.5. The van der Waals surface area contributed by atoms with Crippen LogP contribution in [0.25, 0.3) is 0 Å². The molecule has 1 aromatic carbocycles. The Hall–Kier alpha value is -1.95.